The van der Waals surface area contributed by atoms with E-state index in [0.29, 0.717) is 6.54 Å². The van der Waals surface area contributed by atoms with Gasteiger partial charge in [-0.05, 0) is 26.1 Å². The maximum atomic E-state index is 11.5. The number of imidazole rings is 1. The van der Waals surface area contributed by atoms with Crippen LogP contribution in [0, 0.1) is 6.92 Å². The third kappa shape index (κ3) is 3.71. The Bertz CT molecular complexity index is 986. The van der Waals surface area contributed by atoms with Crippen molar-refractivity contribution >= 4 is 17.4 Å². The van der Waals surface area contributed by atoms with Crippen molar-refractivity contribution in [1.82, 2.24) is 24.8 Å². The number of rotatable bonds is 4. The zero-order valence-electron chi connectivity index (χ0n) is 16.6. The van der Waals surface area contributed by atoms with Gasteiger partial charge in [0.15, 0.2) is 5.65 Å². The molecule has 28 heavy (non-hydrogen) atoms. The van der Waals surface area contributed by atoms with Crippen LogP contribution >= 0.6 is 0 Å². The highest BCUT2D eigenvalue weighted by molar-refractivity contribution is 5.74. The van der Waals surface area contributed by atoms with Crippen molar-refractivity contribution in [2.75, 3.05) is 38.1 Å². The minimum atomic E-state index is -0.0694. The molecule has 0 spiro atoms. The average Bonchev–Trinajstić information content (AvgIpc) is 3.05. The number of fused-ring (bicyclic) bond motifs is 1. The van der Waals surface area contributed by atoms with Crippen molar-refractivity contribution in [2.45, 2.75) is 20.4 Å². The van der Waals surface area contributed by atoms with Gasteiger partial charge in [0.05, 0.1) is 17.9 Å². The molecule has 1 amide bonds. The third-order valence-corrected chi connectivity index (χ3v) is 5.21. The number of nitrogens with zero attached hydrogens (tertiary/aromatic N) is 5. The van der Waals surface area contributed by atoms with Crippen LogP contribution in [0.25, 0.3) is 16.9 Å². The molecule has 0 atom stereocenters. The number of aryl methyl sites for hydroxylation is 1. The van der Waals surface area contributed by atoms with Crippen molar-refractivity contribution in [3.05, 3.63) is 47.7 Å². The molecule has 1 aliphatic rings. The van der Waals surface area contributed by atoms with Gasteiger partial charge in [-0.3, -0.25) is 4.79 Å². The molecule has 1 aliphatic heterocycles. The Kier molecular flexibility index (Phi) is 5.00. The van der Waals surface area contributed by atoms with Crippen molar-refractivity contribution in [3.63, 3.8) is 0 Å². The lowest BCUT2D eigenvalue weighted by Crippen LogP contribution is -2.45. The number of amides is 1. The summed E-state index contributed by atoms with van der Waals surface area (Å²) >= 11 is 0. The van der Waals surface area contributed by atoms with Crippen molar-refractivity contribution in [1.29, 1.82) is 0 Å². The van der Waals surface area contributed by atoms with Crippen LogP contribution in [0.4, 0.5) is 5.82 Å². The largest absolute Gasteiger partial charge is 0.353 e. The molecule has 1 fully saturated rings. The van der Waals surface area contributed by atoms with Gasteiger partial charge < -0.3 is 15.1 Å². The van der Waals surface area contributed by atoms with Gasteiger partial charge >= 0.3 is 0 Å². The minimum absolute atomic E-state index is 0.0694. The Hall–Kier alpha value is -2.93. The van der Waals surface area contributed by atoms with Crippen molar-refractivity contribution in [3.8, 4) is 11.3 Å². The first-order valence-corrected chi connectivity index (χ1v) is 9.65. The molecule has 7 heteroatoms. The van der Waals surface area contributed by atoms with Gasteiger partial charge in [0, 0.05) is 38.7 Å². The minimum Gasteiger partial charge on any atom is -0.353 e. The van der Waals surface area contributed by atoms with E-state index in [9.17, 15) is 4.79 Å². The fourth-order valence-corrected chi connectivity index (χ4v) is 3.48. The van der Waals surface area contributed by atoms with E-state index in [1.807, 2.05) is 16.6 Å². The second-order valence-corrected chi connectivity index (χ2v) is 7.43. The number of carbonyl (C=O) groups is 1. The summed E-state index contributed by atoms with van der Waals surface area (Å²) in [7, 11) is 2.14. The van der Waals surface area contributed by atoms with E-state index in [1.165, 1.54) is 12.5 Å². The Labute approximate surface area is 165 Å². The number of aromatic nitrogens is 3. The highest BCUT2D eigenvalue weighted by Gasteiger charge is 2.19. The zero-order valence-corrected chi connectivity index (χ0v) is 16.6. The fourth-order valence-electron chi connectivity index (χ4n) is 3.48. The van der Waals surface area contributed by atoms with Crippen LogP contribution in [0.3, 0.4) is 0 Å². The quantitative estimate of drug-likeness (QED) is 0.753. The van der Waals surface area contributed by atoms with Crippen LogP contribution in [0.5, 0.6) is 0 Å². The van der Waals surface area contributed by atoms with E-state index < -0.39 is 0 Å². The highest BCUT2D eigenvalue weighted by Crippen LogP contribution is 2.26. The Morgan fingerprint density at radius 1 is 1.07 bits per heavy atom. The van der Waals surface area contributed by atoms with Gasteiger partial charge in [0.2, 0.25) is 5.91 Å². The molecule has 0 saturated carbocycles. The SMILES string of the molecule is CC(=O)NCc1c(-c2ccc(C)cc2)nc2ccc(N3CCN(C)CC3)nn12. The molecule has 1 saturated heterocycles. The number of nitrogens with one attached hydrogen (secondary N) is 1. The molecule has 1 N–H and O–H groups in total. The van der Waals surface area contributed by atoms with Gasteiger partial charge in [-0.15, -0.1) is 5.10 Å². The first-order valence-electron chi connectivity index (χ1n) is 9.65. The van der Waals surface area contributed by atoms with Crippen LogP contribution in [-0.4, -0.2) is 58.6 Å². The summed E-state index contributed by atoms with van der Waals surface area (Å²) in [5.74, 6) is 0.873. The summed E-state index contributed by atoms with van der Waals surface area (Å²) < 4.78 is 1.87. The molecule has 2 aromatic heterocycles. The summed E-state index contributed by atoms with van der Waals surface area (Å²) in [6, 6.07) is 12.3. The zero-order chi connectivity index (χ0) is 19.7. The number of benzene rings is 1. The van der Waals surface area contributed by atoms with E-state index in [2.05, 4.69) is 53.4 Å². The molecule has 4 rings (SSSR count). The van der Waals surface area contributed by atoms with Crippen LogP contribution in [0.15, 0.2) is 36.4 Å². The third-order valence-electron chi connectivity index (χ3n) is 5.21. The van der Waals surface area contributed by atoms with Crippen molar-refractivity contribution < 1.29 is 4.79 Å². The fraction of sp³-hybridized carbons (Fsp3) is 0.381. The van der Waals surface area contributed by atoms with Gasteiger partial charge in [-0.1, -0.05) is 29.8 Å². The van der Waals surface area contributed by atoms with E-state index in [0.717, 1.165) is 54.6 Å². The lowest BCUT2D eigenvalue weighted by atomic mass is 10.1. The topological polar surface area (TPSA) is 65.8 Å². The molecular formula is C21H26N6O. The molecule has 7 nitrogen and oxygen atoms in total. The van der Waals surface area contributed by atoms with Crippen LogP contribution < -0.4 is 10.2 Å². The van der Waals surface area contributed by atoms with Gasteiger partial charge in [0.1, 0.15) is 5.82 Å². The lowest BCUT2D eigenvalue weighted by Gasteiger charge is -2.33. The second-order valence-electron chi connectivity index (χ2n) is 7.43. The van der Waals surface area contributed by atoms with Crippen molar-refractivity contribution in [2.24, 2.45) is 0 Å². The Balaban J connectivity index is 1.77. The van der Waals surface area contributed by atoms with E-state index in [4.69, 9.17) is 10.1 Å². The van der Waals surface area contributed by atoms with E-state index in [-0.39, 0.29) is 5.91 Å². The van der Waals surface area contributed by atoms with Gasteiger partial charge in [0.25, 0.3) is 0 Å². The summed E-state index contributed by atoms with van der Waals surface area (Å²) in [6.45, 7) is 7.94. The number of hydrogen-bond acceptors (Lipinski definition) is 5. The Morgan fingerprint density at radius 3 is 2.46 bits per heavy atom. The van der Waals surface area contributed by atoms with Crippen LogP contribution in [-0.2, 0) is 11.3 Å². The standard InChI is InChI=1S/C21H26N6O/c1-15-4-6-17(7-5-15)21-18(14-22-16(2)28)27-19(23-21)8-9-20(24-27)26-12-10-25(3)11-13-26/h4-9H,10-14H2,1-3H3,(H,22,28). The summed E-state index contributed by atoms with van der Waals surface area (Å²) in [4.78, 5) is 21.0. The smallest absolute Gasteiger partial charge is 0.217 e. The molecule has 0 aliphatic carbocycles. The van der Waals surface area contributed by atoms with Gasteiger partial charge in [-0.2, -0.15) is 0 Å². The summed E-state index contributed by atoms with van der Waals surface area (Å²) in [5, 5.41) is 7.78. The average molecular weight is 378 g/mol. The normalized spacial score (nSPS) is 15.2. The van der Waals surface area contributed by atoms with Crippen LogP contribution in [0.2, 0.25) is 0 Å². The molecule has 0 bridgehead atoms. The second kappa shape index (κ2) is 7.59. The predicted octanol–water partition coefficient (Wildman–Crippen LogP) is 2.09. The van der Waals surface area contributed by atoms with E-state index in [1.54, 1.807) is 0 Å². The lowest BCUT2D eigenvalue weighted by molar-refractivity contribution is -0.119. The molecular weight excluding hydrogens is 352 g/mol. The van der Waals surface area contributed by atoms with E-state index >= 15 is 0 Å². The molecule has 3 aromatic rings. The molecule has 3 heterocycles. The number of hydrogen-bond donors (Lipinski definition) is 1. The van der Waals surface area contributed by atoms with Crippen LogP contribution in [0.1, 0.15) is 18.2 Å². The number of piperazine rings is 1. The maximum absolute atomic E-state index is 11.5. The highest BCUT2D eigenvalue weighted by atomic mass is 16.1. The predicted molar refractivity (Wildman–Crippen MR) is 110 cm³/mol. The molecule has 1 aromatic carbocycles. The monoisotopic (exact) mass is 378 g/mol. The number of likely N-dealkylation sites (N-methyl/N-ethyl adjacent to an activating group) is 1. The summed E-state index contributed by atoms with van der Waals surface area (Å²) in [6.07, 6.45) is 0. The Morgan fingerprint density at radius 2 is 1.79 bits per heavy atom. The summed E-state index contributed by atoms with van der Waals surface area (Å²) in [5.41, 5.74) is 4.76. The number of carbonyl (C=O) groups excluding carboxylic acids is 1. The first kappa shape index (κ1) is 18.4. The first-order chi connectivity index (χ1) is 13.5. The molecule has 0 unspecified atom stereocenters. The molecule has 0 radical (unpaired) electrons. The molecule has 146 valence electrons. The maximum Gasteiger partial charge on any atom is 0.217 e. The number of anilines is 1. The van der Waals surface area contributed by atoms with Gasteiger partial charge in [-0.25, -0.2) is 9.50 Å².